The number of nitrogens with zero attached hydrogens (tertiary/aromatic N) is 1. The maximum atomic E-state index is 4.58. The van der Waals surface area contributed by atoms with E-state index in [9.17, 15) is 0 Å². The van der Waals surface area contributed by atoms with Crippen LogP contribution in [0.1, 0.15) is 55.7 Å². The first-order valence-corrected chi connectivity index (χ1v) is 13.3. The average molecular weight is 476 g/mol. The van der Waals surface area contributed by atoms with E-state index in [2.05, 4.69) is 107 Å². The molecule has 4 aromatic rings. The molecule has 3 nitrogen and oxygen atoms in total. The van der Waals surface area contributed by atoms with Gasteiger partial charge in [-0.25, -0.2) is 0 Å². The van der Waals surface area contributed by atoms with Crippen LogP contribution in [0.25, 0.3) is 22.0 Å². The van der Waals surface area contributed by atoms with Gasteiger partial charge < -0.3 is 10.6 Å². The molecule has 0 aliphatic heterocycles. The lowest BCUT2D eigenvalue weighted by Gasteiger charge is -2.09. The molecule has 2 N–H and O–H groups in total. The molecule has 0 atom stereocenters. The summed E-state index contributed by atoms with van der Waals surface area (Å²) in [5.41, 5.74) is 7.19. The molecule has 184 valence electrons. The molecule has 3 aromatic carbocycles. The van der Waals surface area contributed by atoms with Crippen molar-refractivity contribution in [2.75, 3.05) is 13.1 Å². The Balaban J connectivity index is 1.11. The first-order chi connectivity index (χ1) is 17.8. The second-order valence-electron chi connectivity index (χ2n) is 9.24. The molecule has 0 saturated heterocycles. The number of benzene rings is 3. The highest BCUT2D eigenvalue weighted by atomic mass is 14.9. The van der Waals surface area contributed by atoms with Gasteiger partial charge in [0.1, 0.15) is 0 Å². The van der Waals surface area contributed by atoms with Gasteiger partial charge in [0.2, 0.25) is 0 Å². The highest BCUT2D eigenvalue weighted by Gasteiger charge is 2.04. The molecule has 1 aromatic heterocycles. The molecule has 0 radical (unpaired) electrons. The van der Waals surface area contributed by atoms with Crippen LogP contribution in [0, 0.1) is 11.8 Å². The molecule has 3 heteroatoms. The van der Waals surface area contributed by atoms with Crippen molar-refractivity contribution in [1.82, 2.24) is 15.6 Å². The quantitative estimate of drug-likeness (QED) is 0.169. The Hall–Kier alpha value is -3.45. The van der Waals surface area contributed by atoms with Crippen molar-refractivity contribution in [3.8, 4) is 23.0 Å². The molecule has 1 heterocycles. The van der Waals surface area contributed by atoms with Crippen molar-refractivity contribution >= 4 is 10.9 Å². The van der Waals surface area contributed by atoms with Gasteiger partial charge in [0.15, 0.2) is 0 Å². The van der Waals surface area contributed by atoms with Gasteiger partial charge in [-0.05, 0) is 67.2 Å². The second-order valence-corrected chi connectivity index (χ2v) is 9.24. The predicted octanol–water partition coefficient (Wildman–Crippen LogP) is 7.10. The minimum atomic E-state index is 0.898. The van der Waals surface area contributed by atoms with Crippen LogP contribution in [0.15, 0.2) is 85.1 Å². The molecule has 0 saturated carbocycles. The zero-order chi connectivity index (χ0) is 24.8. The van der Waals surface area contributed by atoms with Gasteiger partial charge in [0.25, 0.3) is 0 Å². The summed E-state index contributed by atoms with van der Waals surface area (Å²) in [5, 5.41) is 8.31. The molecule has 0 aliphatic carbocycles. The fourth-order valence-corrected chi connectivity index (χ4v) is 4.24. The standard InChI is InChI=1S/C33H37N3/c1-2-3-4-5-10-27-14-16-28(17-15-27)25-34-22-6-7-23-35-26-29-18-20-30(21-19-29)32-13-8-11-31-12-9-24-36-33(31)32/h8-9,11-21,24,34-35H,2-4,6-7,22-23,25-26H2,1H3. The lowest BCUT2D eigenvalue weighted by Crippen LogP contribution is -2.18. The van der Waals surface area contributed by atoms with E-state index in [1.807, 2.05) is 12.3 Å². The zero-order valence-electron chi connectivity index (χ0n) is 21.4. The van der Waals surface area contributed by atoms with E-state index in [4.69, 9.17) is 0 Å². The second kappa shape index (κ2) is 14.2. The number of pyridine rings is 1. The smallest absolute Gasteiger partial charge is 0.0780 e. The van der Waals surface area contributed by atoms with E-state index < -0.39 is 0 Å². The summed E-state index contributed by atoms with van der Waals surface area (Å²) in [6.45, 7) is 6.08. The monoisotopic (exact) mass is 475 g/mol. The summed E-state index contributed by atoms with van der Waals surface area (Å²) >= 11 is 0. The fraction of sp³-hybridized carbons (Fsp3) is 0.303. The minimum Gasteiger partial charge on any atom is -0.313 e. The average Bonchev–Trinajstić information content (AvgIpc) is 2.93. The number of unbranched alkanes of at least 4 members (excludes halogenated alkanes) is 3. The normalized spacial score (nSPS) is 10.8. The van der Waals surface area contributed by atoms with Crippen LogP contribution in [0.2, 0.25) is 0 Å². The van der Waals surface area contributed by atoms with Crippen molar-refractivity contribution in [2.24, 2.45) is 0 Å². The Morgan fingerprint density at radius 3 is 2.08 bits per heavy atom. The molecule has 0 unspecified atom stereocenters. The maximum absolute atomic E-state index is 4.58. The minimum absolute atomic E-state index is 0.898. The fourth-order valence-electron chi connectivity index (χ4n) is 4.24. The van der Waals surface area contributed by atoms with Crippen LogP contribution in [0.5, 0.6) is 0 Å². The first kappa shape index (κ1) is 25.6. The molecule has 0 fully saturated rings. The number of nitrogens with one attached hydrogen (secondary N) is 2. The lowest BCUT2D eigenvalue weighted by atomic mass is 10.0. The number of hydrogen-bond donors (Lipinski definition) is 2. The van der Waals surface area contributed by atoms with E-state index in [1.165, 1.54) is 53.3 Å². The zero-order valence-corrected chi connectivity index (χ0v) is 21.4. The highest BCUT2D eigenvalue weighted by molar-refractivity contribution is 5.93. The highest BCUT2D eigenvalue weighted by Crippen LogP contribution is 2.27. The third-order valence-corrected chi connectivity index (χ3v) is 6.36. The van der Waals surface area contributed by atoms with E-state index in [-0.39, 0.29) is 0 Å². The van der Waals surface area contributed by atoms with Gasteiger partial charge >= 0.3 is 0 Å². The molecule has 0 aliphatic rings. The Bertz CT molecular complexity index is 1260. The van der Waals surface area contributed by atoms with E-state index >= 15 is 0 Å². The molecule has 0 amide bonds. The summed E-state index contributed by atoms with van der Waals surface area (Å²) in [6.07, 6.45) is 7.57. The van der Waals surface area contributed by atoms with Crippen molar-refractivity contribution in [3.63, 3.8) is 0 Å². The first-order valence-electron chi connectivity index (χ1n) is 13.3. The van der Waals surface area contributed by atoms with Gasteiger partial charge in [-0.15, -0.1) is 0 Å². The summed E-state index contributed by atoms with van der Waals surface area (Å²) in [5.74, 6) is 6.50. The summed E-state index contributed by atoms with van der Waals surface area (Å²) < 4.78 is 0. The van der Waals surface area contributed by atoms with E-state index in [1.54, 1.807) is 0 Å². The molecular weight excluding hydrogens is 438 g/mol. The number of hydrogen-bond acceptors (Lipinski definition) is 3. The third kappa shape index (κ3) is 7.78. The SMILES string of the molecule is CCCCC#Cc1ccc(CNCCCCNCc2ccc(-c3cccc4cccnc34)cc2)cc1. The van der Waals surface area contributed by atoms with Crippen molar-refractivity contribution < 1.29 is 0 Å². The van der Waals surface area contributed by atoms with Crippen LogP contribution in [0.3, 0.4) is 0 Å². The Morgan fingerprint density at radius 2 is 1.39 bits per heavy atom. The van der Waals surface area contributed by atoms with Crippen molar-refractivity contribution in [2.45, 2.75) is 52.1 Å². The maximum Gasteiger partial charge on any atom is 0.0780 e. The van der Waals surface area contributed by atoms with Gasteiger partial charge in [0.05, 0.1) is 5.52 Å². The van der Waals surface area contributed by atoms with Crippen LogP contribution in [-0.2, 0) is 13.1 Å². The van der Waals surface area contributed by atoms with Crippen LogP contribution >= 0.6 is 0 Å². The molecule has 0 spiro atoms. The van der Waals surface area contributed by atoms with E-state index in [0.29, 0.717) is 0 Å². The van der Waals surface area contributed by atoms with Gasteiger partial charge in [-0.1, -0.05) is 85.8 Å². The van der Waals surface area contributed by atoms with Gasteiger partial charge in [0, 0.05) is 42.2 Å². The topological polar surface area (TPSA) is 37.0 Å². The van der Waals surface area contributed by atoms with Gasteiger partial charge in [-0.3, -0.25) is 4.98 Å². The molecule has 0 bridgehead atoms. The summed E-state index contributed by atoms with van der Waals surface area (Å²) in [6, 6.07) is 27.9. The number of aromatic nitrogens is 1. The number of fused-ring (bicyclic) bond motifs is 1. The van der Waals surface area contributed by atoms with Crippen LogP contribution in [0.4, 0.5) is 0 Å². The van der Waals surface area contributed by atoms with E-state index in [0.717, 1.165) is 43.7 Å². The van der Waals surface area contributed by atoms with Gasteiger partial charge in [-0.2, -0.15) is 0 Å². The Morgan fingerprint density at radius 1 is 0.722 bits per heavy atom. The third-order valence-electron chi connectivity index (χ3n) is 6.36. The predicted molar refractivity (Wildman–Crippen MR) is 153 cm³/mol. The summed E-state index contributed by atoms with van der Waals surface area (Å²) in [7, 11) is 0. The van der Waals surface area contributed by atoms with Crippen LogP contribution < -0.4 is 10.6 Å². The molecule has 36 heavy (non-hydrogen) atoms. The lowest BCUT2D eigenvalue weighted by molar-refractivity contribution is 0.582. The number of rotatable bonds is 12. The Labute approximate surface area is 216 Å². The Kier molecular flexibility index (Phi) is 10.1. The number of para-hydroxylation sites is 1. The van der Waals surface area contributed by atoms with Crippen molar-refractivity contribution in [3.05, 3.63) is 102 Å². The van der Waals surface area contributed by atoms with Crippen molar-refractivity contribution in [1.29, 1.82) is 0 Å². The van der Waals surface area contributed by atoms with Crippen LogP contribution in [-0.4, -0.2) is 18.1 Å². The molecule has 4 rings (SSSR count). The largest absolute Gasteiger partial charge is 0.313 e. The molecular formula is C33H37N3. The summed E-state index contributed by atoms with van der Waals surface area (Å²) in [4.78, 5) is 4.58.